The van der Waals surface area contributed by atoms with Crippen molar-refractivity contribution in [2.45, 2.75) is 31.7 Å². The Balaban J connectivity index is 2.67. The van der Waals surface area contributed by atoms with Gasteiger partial charge in [0.2, 0.25) is 0 Å². The summed E-state index contributed by atoms with van der Waals surface area (Å²) in [5, 5.41) is 0. The molecule has 0 aromatic heterocycles. The van der Waals surface area contributed by atoms with Crippen molar-refractivity contribution in [2.75, 3.05) is 6.54 Å². The Hall–Kier alpha value is -0.340. The summed E-state index contributed by atoms with van der Waals surface area (Å²) >= 11 is 0. The van der Waals surface area contributed by atoms with Gasteiger partial charge in [0.25, 0.3) is 0 Å². The van der Waals surface area contributed by atoms with Crippen LogP contribution in [0.15, 0.2) is 12.2 Å². The molecular formula is C9H18N2. The third kappa shape index (κ3) is 1.63. The number of allylic oxidation sites excluding steroid dienone is 1. The topological polar surface area (TPSA) is 52.0 Å². The maximum atomic E-state index is 6.18. The highest BCUT2D eigenvalue weighted by atomic mass is 14.8. The van der Waals surface area contributed by atoms with Crippen molar-refractivity contribution in [3.8, 4) is 0 Å². The van der Waals surface area contributed by atoms with Gasteiger partial charge in [0.05, 0.1) is 0 Å². The van der Waals surface area contributed by atoms with Gasteiger partial charge in [-0.2, -0.15) is 0 Å². The highest BCUT2D eigenvalue weighted by molar-refractivity contribution is 5.05. The SMILES string of the molecule is CCC1(N)CC=CCC1CN. The van der Waals surface area contributed by atoms with Gasteiger partial charge in [-0.05, 0) is 31.7 Å². The maximum Gasteiger partial charge on any atom is 0.0230 e. The monoisotopic (exact) mass is 154 g/mol. The van der Waals surface area contributed by atoms with Crippen molar-refractivity contribution >= 4 is 0 Å². The fraction of sp³-hybridized carbons (Fsp3) is 0.778. The molecule has 2 unspecified atom stereocenters. The maximum absolute atomic E-state index is 6.18. The molecule has 2 atom stereocenters. The Morgan fingerprint density at radius 3 is 2.73 bits per heavy atom. The Bertz CT molecular complexity index is 154. The van der Waals surface area contributed by atoms with Crippen LogP contribution < -0.4 is 11.5 Å². The van der Waals surface area contributed by atoms with E-state index >= 15 is 0 Å². The first-order valence-electron chi connectivity index (χ1n) is 4.37. The minimum Gasteiger partial charge on any atom is -0.330 e. The molecule has 2 heteroatoms. The van der Waals surface area contributed by atoms with Crippen LogP contribution in [-0.4, -0.2) is 12.1 Å². The van der Waals surface area contributed by atoms with Crippen LogP contribution in [-0.2, 0) is 0 Å². The predicted molar refractivity (Wildman–Crippen MR) is 48.1 cm³/mol. The van der Waals surface area contributed by atoms with Gasteiger partial charge in [-0.25, -0.2) is 0 Å². The summed E-state index contributed by atoms with van der Waals surface area (Å²) in [6.45, 7) is 2.86. The summed E-state index contributed by atoms with van der Waals surface area (Å²) in [6, 6.07) is 0. The summed E-state index contributed by atoms with van der Waals surface area (Å²) in [4.78, 5) is 0. The van der Waals surface area contributed by atoms with E-state index < -0.39 is 0 Å². The molecule has 1 rings (SSSR count). The largest absolute Gasteiger partial charge is 0.330 e. The van der Waals surface area contributed by atoms with Gasteiger partial charge in [0.1, 0.15) is 0 Å². The zero-order valence-corrected chi connectivity index (χ0v) is 7.22. The van der Waals surface area contributed by atoms with Gasteiger partial charge in [0.15, 0.2) is 0 Å². The molecule has 0 spiro atoms. The number of hydrogen-bond donors (Lipinski definition) is 2. The first-order chi connectivity index (χ1) is 5.23. The summed E-state index contributed by atoms with van der Waals surface area (Å²) in [5.74, 6) is 0.484. The van der Waals surface area contributed by atoms with E-state index in [-0.39, 0.29) is 5.54 Å². The molecule has 0 aromatic carbocycles. The van der Waals surface area contributed by atoms with E-state index in [1.165, 1.54) is 0 Å². The third-order valence-corrected chi connectivity index (χ3v) is 2.84. The van der Waals surface area contributed by atoms with E-state index in [0.717, 1.165) is 19.3 Å². The van der Waals surface area contributed by atoms with E-state index in [0.29, 0.717) is 12.5 Å². The minimum atomic E-state index is -0.0243. The molecule has 0 amide bonds. The second-order valence-corrected chi connectivity index (χ2v) is 3.43. The highest BCUT2D eigenvalue weighted by Gasteiger charge is 2.32. The van der Waals surface area contributed by atoms with Crippen molar-refractivity contribution in [1.29, 1.82) is 0 Å². The standard InChI is InChI=1S/C9H18N2/c1-2-9(11)6-4-3-5-8(9)7-10/h3-4,8H,2,5-7,10-11H2,1H3. The molecule has 0 radical (unpaired) electrons. The zero-order chi connectivity index (χ0) is 8.32. The molecule has 64 valence electrons. The fourth-order valence-electron chi connectivity index (χ4n) is 1.73. The van der Waals surface area contributed by atoms with Crippen LogP contribution in [0.1, 0.15) is 26.2 Å². The van der Waals surface area contributed by atoms with Crippen LogP contribution in [0.5, 0.6) is 0 Å². The van der Waals surface area contributed by atoms with Gasteiger partial charge in [-0.3, -0.25) is 0 Å². The molecule has 4 N–H and O–H groups in total. The Labute approximate surface area is 68.6 Å². The van der Waals surface area contributed by atoms with E-state index in [1.807, 2.05) is 0 Å². The summed E-state index contributed by atoms with van der Waals surface area (Å²) in [6.07, 6.45) is 7.44. The van der Waals surface area contributed by atoms with Crippen LogP contribution >= 0.6 is 0 Å². The average Bonchev–Trinajstić information content (AvgIpc) is 2.05. The molecule has 0 fully saturated rings. The average molecular weight is 154 g/mol. The van der Waals surface area contributed by atoms with Crippen LogP contribution in [0.2, 0.25) is 0 Å². The van der Waals surface area contributed by atoms with Gasteiger partial charge in [-0.15, -0.1) is 0 Å². The molecule has 0 bridgehead atoms. The minimum absolute atomic E-state index is 0.0243. The third-order valence-electron chi connectivity index (χ3n) is 2.84. The molecule has 2 nitrogen and oxygen atoms in total. The Morgan fingerprint density at radius 1 is 1.55 bits per heavy atom. The van der Waals surface area contributed by atoms with Gasteiger partial charge >= 0.3 is 0 Å². The highest BCUT2D eigenvalue weighted by Crippen LogP contribution is 2.29. The van der Waals surface area contributed by atoms with E-state index in [9.17, 15) is 0 Å². The summed E-state index contributed by atoms with van der Waals surface area (Å²) in [7, 11) is 0. The van der Waals surface area contributed by atoms with Crippen molar-refractivity contribution in [1.82, 2.24) is 0 Å². The van der Waals surface area contributed by atoms with Crippen LogP contribution in [0.4, 0.5) is 0 Å². The lowest BCUT2D eigenvalue weighted by Gasteiger charge is -2.37. The lowest BCUT2D eigenvalue weighted by molar-refractivity contribution is 0.259. The fourth-order valence-corrected chi connectivity index (χ4v) is 1.73. The van der Waals surface area contributed by atoms with Crippen molar-refractivity contribution in [3.63, 3.8) is 0 Å². The lowest BCUT2D eigenvalue weighted by Crippen LogP contribution is -2.50. The summed E-state index contributed by atoms with van der Waals surface area (Å²) < 4.78 is 0. The predicted octanol–water partition coefficient (Wildman–Crippen LogP) is 1.02. The van der Waals surface area contributed by atoms with Gasteiger partial charge in [-0.1, -0.05) is 19.1 Å². The second-order valence-electron chi connectivity index (χ2n) is 3.43. The van der Waals surface area contributed by atoms with Crippen molar-refractivity contribution in [2.24, 2.45) is 17.4 Å². The molecule has 0 aliphatic heterocycles. The molecule has 0 saturated heterocycles. The molecule has 1 aliphatic rings. The molecule has 1 aliphatic carbocycles. The number of hydrogen-bond acceptors (Lipinski definition) is 2. The Morgan fingerprint density at radius 2 is 2.27 bits per heavy atom. The zero-order valence-electron chi connectivity index (χ0n) is 7.22. The quantitative estimate of drug-likeness (QED) is 0.583. The van der Waals surface area contributed by atoms with E-state index in [1.54, 1.807) is 0 Å². The molecule has 0 heterocycles. The molecule has 0 saturated carbocycles. The number of nitrogens with two attached hydrogens (primary N) is 2. The van der Waals surface area contributed by atoms with Crippen LogP contribution in [0, 0.1) is 5.92 Å². The van der Waals surface area contributed by atoms with Crippen LogP contribution in [0.3, 0.4) is 0 Å². The number of rotatable bonds is 2. The summed E-state index contributed by atoms with van der Waals surface area (Å²) in [5.41, 5.74) is 11.8. The smallest absolute Gasteiger partial charge is 0.0230 e. The second kappa shape index (κ2) is 3.37. The molecule has 11 heavy (non-hydrogen) atoms. The van der Waals surface area contributed by atoms with E-state index in [4.69, 9.17) is 11.5 Å². The van der Waals surface area contributed by atoms with Gasteiger partial charge in [0, 0.05) is 5.54 Å². The van der Waals surface area contributed by atoms with Crippen LogP contribution in [0.25, 0.3) is 0 Å². The normalized spacial score (nSPS) is 37.5. The van der Waals surface area contributed by atoms with Crippen molar-refractivity contribution < 1.29 is 0 Å². The van der Waals surface area contributed by atoms with Crippen molar-refractivity contribution in [3.05, 3.63) is 12.2 Å². The lowest BCUT2D eigenvalue weighted by atomic mass is 9.75. The molecule has 0 aromatic rings. The first kappa shape index (κ1) is 8.75. The van der Waals surface area contributed by atoms with E-state index in [2.05, 4.69) is 19.1 Å². The first-order valence-corrected chi connectivity index (χ1v) is 4.37. The molecular weight excluding hydrogens is 136 g/mol. The Kier molecular flexibility index (Phi) is 2.68. The van der Waals surface area contributed by atoms with Gasteiger partial charge < -0.3 is 11.5 Å².